The number of nitrogens with one attached hydrogen (secondary N) is 1. The molecule has 2 aromatic rings. The highest BCUT2D eigenvalue weighted by molar-refractivity contribution is 7.18. The zero-order valence-corrected chi connectivity index (χ0v) is 12.9. The molecule has 3 rings (SSSR count). The number of anilines is 1. The summed E-state index contributed by atoms with van der Waals surface area (Å²) in [5, 5.41) is 4.50. The number of hydrogen-bond donors (Lipinski definition) is 1. The highest BCUT2D eigenvalue weighted by atomic mass is 32.1. The van der Waals surface area contributed by atoms with Gasteiger partial charge in [-0.25, -0.2) is 9.97 Å². The first-order valence-electron chi connectivity index (χ1n) is 7.39. The van der Waals surface area contributed by atoms with Gasteiger partial charge < -0.3 is 10.1 Å². The fraction of sp³-hybridized carbons (Fsp3) is 0.600. The van der Waals surface area contributed by atoms with Crippen LogP contribution in [-0.4, -0.2) is 29.2 Å². The average molecular weight is 291 g/mol. The molecule has 0 saturated carbocycles. The second-order valence-corrected chi connectivity index (χ2v) is 6.52. The van der Waals surface area contributed by atoms with Crippen molar-refractivity contribution in [2.75, 3.05) is 18.5 Å². The number of nitrogens with zero attached hydrogens (tertiary/aromatic N) is 2. The second kappa shape index (κ2) is 6.06. The van der Waals surface area contributed by atoms with Gasteiger partial charge in [0.15, 0.2) is 0 Å². The Labute approximate surface area is 123 Å². The molecule has 5 heteroatoms. The lowest BCUT2D eigenvalue weighted by Gasteiger charge is -2.22. The topological polar surface area (TPSA) is 47.0 Å². The summed E-state index contributed by atoms with van der Waals surface area (Å²) < 4.78 is 5.80. The van der Waals surface area contributed by atoms with E-state index >= 15 is 0 Å². The Morgan fingerprint density at radius 3 is 3.05 bits per heavy atom. The van der Waals surface area contributed by atoms with E-state index < -0.39 is 0 Å². The summed E-state index contributed by atoms with van der Waals surface area (Å²) in [7, 11) is 0. The molecule has 1 N–H and O–H groups in total. The Morgan fingerprint density at radius 1 is 1.40 bits per heavy atom. The number of aromatic nitrogens is 2. The lowest BCUT2D eigenvalue weighted by Crippen LogP contribution is -2.22. The van der Waals surface area contributed by atoms with Crippen LogP contribution in [0.5, 0.6) is 0 Å². The van der Waals surface area contributed by atoms with E-state index in [1.165, 1.54) is 17.7 Å². The molecular weight excluding hydrogens is 270 g/mol. The number of aryl methyl sites for hydroxylation is 1. The first-order chi connectivity index (χ1) is 9.76. The normalized spacial score (nSPS) is 19.4. The van der Waals surface area contributed by atoms with E-state index in [9.17, 15) is 0 Å². The fourth-order valence-corrected chi connectivity index (χ4v) is 3.55. The summed E-state index contributed by atoms with van der Waals surface area (Å²) in [4.78, 5) is 11.8. The van der Waals surface area contributed by atoms with E-state index in [-0.39, 0.29) is 6.10 Å². The number of fused-ring (bicyclic) bond motifs is 1. The maximum atomic E-state index is 5.80. The first-order valence-corrected chi connectivity index (χ1v) is 8.20. The predicted molar refractivity (Wildman–Crippen MR) is 83.6 cm³/mol. The van der Waals surface area contributed by atoms with Crippen molar-refractivity contribution in [1.82, 2.24) is 9.97 Å². The summed E-state index contributed by atoms with van der Waals surface area (Å²) in [5.74, 6) is 1.87. The van der Waals surface area contributed by atoms with Gasteiger partial charge in [0.05, 0.1) is 11.5 Å². The molecule has 1 aliphatic heterocycles. The summed E-state index contributed by atoms with van der Waals surface area (Å²) in [6.45, 7) is 5.97. The fourth-order valence-electron chi connectivity index (χ4n) is 2.65. The molecule has 0 bridgehead atoms. The van der Waals surface area contributed by atoms with Crippen LogP contribution < -0.4 is 5.32 Å². The van der Waals surface area contributed by atoms with Crippen LogP contribution in [0.1, 0.15) is 36.9 Å². The van der Waals surface area contributed by atoms with E-state index in [1.807, 2.05) is 0 Å². The predicted octanol–water partition coefficient (Wildman–Crippen LogP) is 3.54. The standard InChI is InChI=1S/C15H21N3OS/c1-3-16-14-12-8-10(2)20-15(12)18-13(17-14)9-11-6-4-5-7-19-11/h8,11H,3-7,9H2,1-2H3,(H,16,17,18). The minimum absolute atomic E-state index is 0.289. The van der Waals surface area contributed by atoms with Gasteiger partial charge in [0, 0.05) is 24.4 Å². The largest absolute Gasteiger partial charge is 0.378 e. The van der Waals surface area contributed by atoms with Crippen molar-refractivity contribution in [3.05, 3.63) is 16.8 Å². The SMILES string of the molecule is CCNc1nc(CC2CCCCO2)nc2sc(C)cc12. The smallest absolute Gasteiger partial charge is 0.138 e. The van der Waals surface area contributed by atoms with Gasteiger partial charge in [-0.2, -0.15) is 0 Å². The van der Waals surface area contributed by atoms with Crippen molar-refractivity contribution in [2.45, 2.75) is 45.6 Å². The third-order valence-corrected chi connectivity index (χ3v) is 4.54. The molecule has 0 aromatic carbocycles. The van der Waals surface area contributed by atoms with Crippen molar-refractivity contribution in [3.63, 3.8) is 0 Å². The molecule has 3 heterocycles. The highest BCUT2D eigenvalue weighted by Gasteiger charge is 2.17. The molecule has 1 atom stereocenters. The summed E-state index contributed by atoms with van der Waals surface area (Å²) in [6.07, 6.45) is 4.68. The molecule has 20 heavy (non-hydrogen) atoms. The molecule has 1 unspecified atom stereocenters. The van der Waals surface area contributed by atoms with Gasteiger partial charge >= 0.3 is 0 Å². The quantitative estimate of drug-likeness (QED) is 0.936. The van der Waals surface area contributed by atoms with Crippen LogP contribution >= 0.6 is 11.3 Å². The van der Waals surface area contributed by atoms with Gasteiger partial charge in [0.25, 0.3) is 0 Å². The Bertz CT molecular complexity index is 590. The zero-order valence-electron chi connectivity index (χ0n) is 12.1. The molecule has 0 amide bonds. The number of thiophene rings is 1. The van der Waals surface area contributed by atoms with Gasteiger partial charge in [0.1, 0.15) is 16.5 Å². The van der Waals surface area contributed by atoms with Crippen molar-refractivity contribution in [1.29, 1.82) is 0 Å². The first kappa shape index (κ1) is 13.8. The second-order valence-electron chi connectivity index (χ2n) is 5.29. The van der Waals surface area contributed by atoms with Crippen molar-refractivity contribution >= 4 is 27.4 Å². The van der Waals surface area contributed by atoms with Crippen LogP contribution in [0.15, 0.2) is 6.07 Å². The molecule has 0 radical (unpaired) electrons. The summed E-state index contributed by atoms with van der Waals surface area (Å²) in [6, 6.07) is 2.17. The van der Waals surface area contributed by atoms with Crippen molar-refractivity contribution < 1.29 is 4.74 Å². The van der Waals surface area contributed by atoms with Gasteiger partial charge in [-0.15, -0.1) is 11.3 Å². The van der Waals surface area contributed by atoms with E-state index in [1.54, 1.807) is 11.3 Å². The molecule has 4 nitrogen and oxygen atoms in total. The van der Waals surface area contributed by atoms with Crippen LogP contribution in [0.2, 0.25) is 0 Å². The number of ether oxygens (including phenoxy) is 1. The Morgan fingerprint density at radius 2 is 2.30 bits per heavy atom. The van der Waals surface area contributed by atoms with E-state index in [0.29, 0.717) is 0 Å². The molecule has 0 aliphatic carbocycles. The van der Waals surface area contributed by atoms with Crippen LogP contribution in [0.4, 0.5) is 5.82 Å². The summed E-state index contributed by atoms with van der Waals surface area (Å²) >= 11 is 1.74. The van der Waals surface area contributed by atoms with Gasteiger partial charge in [-0.1, -0.05) is 0 Å². The van der Waals surface area contributed by atoms with Crippen LogP contribution in [0, 0.1) is 6.92 Å². The third-order valence-electron chi connectivity index (χ3n) is 3.59. The Hall–Kier alpha value is -1.20. The molecule has 2 aromatic heterocycles. The highest BCUT2D eigenvalue weighted by Crippen LogP contribution is 2.29. The van der Waals surface area contributed by atoms with Crippen LogP contribution in [0.25, 0.3) is 10.2 Å². The van der Waals surface area contributed by atoms with Crippen molar-refractivity contribution in [3.8, 4) is 0 Å². The van der Waals surface area contributed by atoms with E-state index in [2.05, 4.69) is 25.2 Å². The van der Waals surface area contributed by atoms with Gasteiger partial charge in [-0.3, -0.25) is 0 Å². The molecular formula is C15H21N3OS. The lowest BCUT2D eigenvalue weighted by atomic mass is 10.1. The molecule has 1 saturated heterocycles. The minimum Gasteiger partial charge on any atom is -0.378 e. The van der Waals surface area contributed by atoms with Crippen LogP contribution in [0.3, 0.4) is 0 Å². The average Bonchev–Trinajstić information content (AvgIpc) is 2.81. The van der Waals surface area contributed by atoms with Crippen molar-refractivity contribution in [2.24, 2.45) is 0 Å². The molecule has 108 valence electrons. The molecule has 0 spiro atoms. The Kier molecular flexibility index (Phi) is 4.17. The van der Waals surface area contributed by atoms with Gasteiger partial charge in [0.2, 0.25) is 0 Å². The maximum absolute atomic E-state index is 5.80. The third kappa shape index (κ3) is 2.94. The Balaban J connectivity index is 1.89. The molecule has 1 fully saturated rings. The summed E-state index contributed by atoms with van der Waals surface area (Å²) in [5.41, 5.74) is 0. The zero-order chi connectivity index (χ0) is 13.9. The maximum Gasteiger partial charge on any atom is 0.138 e. The number of rotatable bonds is 4. The monoisotopic (exact) mass is 291 g/mol. The van der Waals surface area contributed by atoms with E-state index in [4.69, 9.17) is 14.7 Å². The lowest BCUT2D eigenvalue weighted by molar-refractivity contribution is 0.0157. The van der Waals surface area contributed by atoms with E-state index in [0.717, 1.165) is 47.9 Å². The van der Waals surface area contributed by atoms with Gasteiger partial charge in [-0.05, 0) is 39.2 Å². The van der Waals surface area contributed by atoms with Crippen LogP contribution in [-0.2, 0) is 11.2 Å². The molecule has 1 aliphatic rings. The number of hydrogen-bond acceptors (Lipinski definition) is 5. The minimum atomic E-state index is 0.289.